The average molecular weight is 267 g/mol. The van der Waals surface area contributed by atoms with E-state index in [-0.39, 0.29) is 17.0 Å². The lowest BCUT2D eigenvalue weighted by Gasteiger charge is -2.21. The van der Waals surface area contributed by atoms with Crippen molar-refractivity contribution in [1.29, 1.82) is 0 Å². The first-order valence-corrected chi connectivity index (χ1v) is 8.34. The average Bonchev–Trinajstić information content (AvgIpc) is 2.70. The van der Waals surface area contributed by atoms with Gasteiger partial charge in [0.2, 0.25) is 0 Å². The van der Waals surface area contributed by atoms with Gasteiger partial charge in [-0.15, -0.1) is 0 Å². The van der Waals surface area contributed by atoms with Crippen molar-refractivity contribution in [2.75, 3.05) is 12.3 Å². The van der Waals surface area contributed by atoms with Gasteiger partial charge in [0.1, 0.15) is 0 Å². The third kappa shape index (κ3) is 2.45. The molecular weight excluding hydrogens is 246 g/mol. The molecule has 1 aliphatic rings. The van der Waals surface area contributed by atoms with Crippen LogP contribution in [0.4, 0.5) is 0 Å². The van der Waals surface area contributed by atoms with Gasteiger partial charge in [-0.3, -0.25) is 0 Å². The predicted octanol–water partition coefficient (Wildman–Crippen LogP) is 2.09. The fourth-order valence-corrected chi connectivity index (χ4v) is 4.75. The molecule has 0 aliphatic heterocycles. The van der Waals surface area contributed by atoms with E-state index in [0.29, 0.717) is 12.8 Å². The minimum Gasteiger partial charge on any atom is -0.309 e. The van der Waals surface area contributed by atoms with E-state index in [1.165, 1.54) is 5.56 Å². The zero-order valence-corrected chi connectivity index (χ0v) is 11.8. The maximum Gasteiger partial charge on any atom is 0.155 e. The summed E-state index contributed by atoms with van der Waals surface area (Å²) in [5.41, 5.74) is 2.33. The van der Waals surface area contributed by atoms with Gasteiger partial charge in [-0.1, -0.05) is 38.1 Å². The first-order chi connectivity index (χ1) is 8.60. The van der Waals surface area contributed by atoms with Crippen LogP contribution in [0.15, 0.2) is 24.3 Å². The Morgan fingerprint density at radius 3 is 2.67 bits per heavy atom. The highest BCUT2D eigenvalue weighted by Gasteiger charge is 2.39. The fourth-order valence-electron chi connectivity index (χ4n) is 2.79. The van der Waals surface area contributed by atoms with Crippen LogP contribution < -0.4 is 5.32 Å². The smallest absolute Gasteiger partial charge is 0.155 e. The summed E-state index contributed by atoms with van der Waals surface area (Å²) in [5, 5.41) is 3.04. The molecule has 0 spiro atoms. The summed E-state index contributed by atoms with van der Waals surface area (Å²) in [6, 6.07) is 8.02. The van der Waals surface area contributed by atoms with Gasteiger partial charge in [0.25, 0.3) is 0 Å². The van der Waals surface area contributed by atoms with Crippen molar-refractivity contribution in [3.8, 4) is 0 Å². The van der Waals surface area contributed by atoms with Crippen molar-refractivity contribution in [3.05, 3.63) is 35.4 Å². The first kappa shape index (κ1) is 13.6. The summed E-state index contributed by atoms with van der Waals surface area (Å²) in [5.74, 6) is 0.285. The van der Waals surface area contributed by atoms with Crippen LogP contribution in [0.1, 0.15) is 37.4 Å². The van der Waals surface area contributed by atoms with Gasteiger partial charge in [0, 0.05) is 6.04 Å². The highest BCUT2D eigenvalue weighted by Crippen LogP contribution is 2.35. The van der Waals surface area contributed by atoms with E-state index in [1.807, 2.05) is 38.1 Å². The molecule has 1 aromatic rings. The normalized spacial score (nSPS) is 23.0. The van der Waals surface area contributed by atoms with E-state index in [1.54, 1.807) is 0 Å². The maximum atomic E-state index is 12.3. The van der Waals surface area contributed by atoms with E-state index in [2.05, 4.69) is 5.32 Å². The van der Waals surface area contributed by atoms with E-state index in [0.717, 1.165) is 12.1 Å². The van der Waals surface area contributed by atoms with Crippen LogP contribution >= 0.6 is 0 Å². The van der Waals surface area contributed by atoms with E-state index in [9.17, 15) is 8.42 Å². The molecule has 0 amide bonds. The quantitative estimate of drug-likeness (QED) is 0.888. The monoisotopic (exact) mass is 267 g/mol. The van der Waals surface area contributed by atoms with Gasteiger partial charge in [-0.25, -0.2) is 8.42 Å². The minimum absolute atomic E-state index is 0.0391. The SMILES string of the molecule is CCCS(=O)(=O)C1Cc2ccccc2C1NCC. The second-order valence-electron chi connectivity index (χ2n) is 4.84. The Bertz CT molecular complexity index is 510. The number of nitrogens with one attached hydrogen (secondary N) is 1. The Morgan fingerprint density at radius 1 is 1.28 bits per heavy atom. The van der Waals surface area contributed by atoms with Crippen LogP contribution in [-0.2, 0) is 16.3 Å². The van der Waals surface area contributed by atoms with Crippen molar-refractivity contribution in [1.82, 2.24) is 5.32 Å². The molecule has 1 aliphatic carbocycles. The Kier molecular flexibility index (Phi) is 4.07. The summed E-state index contributed by atoms with van der Waals surface area (Å²) in [6.07, 6.45) is 1.34. The molecule has 2 atom stereocenters. The van der Waals surface area contributed by atoms with Crippen molar-refractivity contribution in [3.63, 3.8) is 0 Å². The Balaban J connectivity index is 2.35. The van der Waals surface area contributed by atoms with Gasteiger partial charge in [0.05, 0.1) is 11.0 Å². The molecule has 3 nitrogen and oxygen atoms in total. The highest BCUT2D eigenvalue weighted by molar-refractivity contribution is 7.92. The van der Waals surface area contributed by atoms with E-state index < -0.39 is 9.84 Å². The number of benzene rings is 1. The Hall–Kier alpha value is -0.870. The molecule has 0 bridgehead atoms. The molecule has 1 N–H and O–H groups in total. The molecule has 4 heteroatoms. The molecule has 1 aromatic carbocycles. The number of hydrogen-bond acceptors (Lipinski definition) is 3. The minimum atomic E-state index is -3.01. The zero-order chi connectivity index (χ0) is 13.2. The van der Waals surface area contributed by atoms with Crippen molar-refractivity contribution < 1.29 is 8.42 Å². The molecule has 0 aromatic heterocycles. The van der Waals surface area contributed by atoms with Crippen LogP contribution in [0.2, 0.25) is 0 Å². The number of rotatable bonds is 5. The summed E-state index contributed by atoms with van der Waals surface area (Å²) in [4.78, 5) is 0. The van der Waals surface area contributed by atoms with Gasteiger partial charge < -0.3 is 5.32 Å². The largest absolute Gasteiger partial charge is 0.309 e. The summed E-state index contributed by atoms with van der Waals surface area (Å²) in [7, 11) is -3.01. The lowest BCUT2D eigenvalue weighted by molar-refractivity contribution is 0.516. The second-order valence-corrected chi connectivity index (χ2v) is 7.18. The standard InChI is InChI=1S/C14H21NO2S/c1-3-9-18(16,17)13-10-11-7-5-6-8-12(11)14(13)15-4-2/h5-8,13-15H,3-4,9-10H2,1-2H3. The van der Waals surface area contributed by atoms with Crippen LogP contribution in [0.3, 0.4) is 0 Å². The Morgan fingerprint density at radius 2 is 2.00 bits per heavy atom. The molecule has 2 rings (SSSR count). The van der Waals surface area contributed by atoms with Crippen LogP contribution in [-0.4, -0.2) is 26.0 Å². The lowest BCUT2D eigenvalue weighted by Crippen LogP contribution is -2.35. The molecule has 0 radical (unpaired) electrons. The van der Waals surface area contributed by atoms with Crippen molar-refractivity contribution in [2.24, 2.45) is 0 Å². The fraction of sp³-hybridized carbons (Fsp3) is 0.571. The van der Waals surface area contributed by atoms with Gasteiger partial charge in [-0.2, -0.15) is 0 Å². The number of hydrogen-bond donors (Lipinski definition) is 1. The third-order valence-electron chi connectivity index (χ3n) is 3.56. The van der Waals surface area contributed by atoms with E-state index >= 15 is 0 Å². The molecule has 18 heavy (non-hydrogen) atoms. The molecule has 0 saturated heterocycles. The highest BCUT2D eigenvalue weighted by atomic mass is 32.2. The molecular formula is C14H21NO2S. The maximum absolute atomic E-state index is 12.3. The van der Waals surface area contributed by atoms with Crippen LogP contribution in [0, 0.1) is 0 Å². The second kappa shape index (κ2) is 5.41. The summed E-state index contributed by atoms with van der Waals surface area (Å²) >= 11 is 0. The predicted molar refractivity (Wildman–Crippen MR) is 74.4 cm³/mol. The van der Waals surface area contributed by atoms with Gasteiger partial charge >= 0.3 is 0 Å². The Labute approximate surface area is 110 Å². The third-order valence-corrected chi connectivity index (χ3v) is 5.90. The molecule has 100 valence electrons. The number of fused-ring (bicyclic) bond motifs is 1. The van der Waals surface area contributed by atoms with Crippen LogP contribution in [0.25, 0.3) is 0 Å². The molecule has 0 saturated carbocycles. The van der Waals surface area contributed by atoms with E-state index in [4.69, 9.17) is 0 Å². The molecule has 0 fully saturated rings. The topological polar surface area (TPSA) is 46.2 Å². The number of sulfone groups is 1. The first-order valence-electron chi connectivity index (χ1n) is 6.63. The van der Waals surface area contributed by atoms with Crippen LogP contribution in [0.5, 0.6) is 0 Å². The molecule has 0 heterocycles. The van der Waals surface area contributed by atoms with Gasteiger partial charge in [-0.05, 0) is 30.5 Å². The van der Waals surface area contributed by atoms with Gasteiger partial charge in [0.15, 0.2) is 9.84 Å². The summed E-state index contributed by atoms with van der Waals surface area (Å²) in [6.45, 7) is 4.73. The molecule has 2 unspecified atom stereocenters. The van der Waals surface area contributed by atoms with Crippen molar-refractivity contribution in [2.45, 2.75) is 38.0 Å². The summed E-state index contributed by atoms with van der Waals surface area (Å²) < 4.78 is 24.7. The van der Waals surface area contributed by atoms with Crippen molar-refractivity contribution >= 4 is 9.84 Å². The lowest BCUT2D eigenvalue weighted by atomic mass is 10.1. The zero-order valence-electron chi connectivity index (χ0n) is 11.0.